The van der Waals surface area contributed by atoms with Crippen molar-refractivity contribution in [3.05, 3.63) is 35.9 Å². The smallest absolute Gasteiger partial charge is 0.273 e. The zero-order chi connectivity index (χ0) is 12.5. The number of hydrogen-bond donors (Lipinski definition) is 1. The second kappa shape index (κ2) is 4.22. The molecule has 17 heavy (non-hydrogen) atoms. The van der Waals surface area contributed by atoms with E-state index >= 15 is 0 Å². The third-order valence-electron chi connectivity index (χ3n) is 2.26. The molecule has 2 aromatic heterocycles. The van der Waals surface area contributed by atoms with Crippen LogP contribution in [-0.2, 0) is 23.5 Å². The fourth-order valence-corrected chi connectivity index (χ4v) is 2.07. The molecule has 2 heterocycles. The van der Waals surface area contributed by atoms with E-state index in [2.05, 4.69) is 15.2 Å². The van der Waals surface area contributed by atoms with Crippen LogP contribution in [0.1, 0.15) is 11.4 Å². The molecular weight excluding hydrogens is 242 g/mol. The SMILES string of the molecule is Cn1c(Cc2cccnc2)nnc1S(N)(=O)=O. The highest BCUT2D eigenvalue weighted by atomic mass is 32.2. The summed E-state index contributed by atoms with van der Waals surface area (Å²) >= 11 is 0. The van der Waals surface area contributed by atoms with Gasteiger partial charge in [-0.1, -0.05) is 6.07 Å². The van der Waals surface area contributed by atoms with Crippen LogP contribution in [-0.4, -0.2) is 28.2 Å². The molecule has 0 amide bonds. The second-order valence-corrected chi connectivity index (χ2v) is 5.00. The number of pyridine rings is 1. The maximum Gasteiger partial charge on any atom is 0.273 e. The van der Waals surface area contributed by atoms with E-state index in [-0.39, 0.29) is 5.16 Å². The number of primary sulfonamides is 1. The van der Waals surface area contributed by atoms with E-state index in [9.17, 15) is 8.42 Å². The predicted molar refractivity (Wildman–Crippen MR) is 59.4 cm³/mol. The summed E-state index contributed by atoms with van der Waals surface area (Å²) in [5, 5.41) is 12.1. The largest absolute Gasteiger partial charge is 0.304 e. The van der Waals surface area contributed by atoms with E-state index in [4.69, 9.17) is 5.14 Å². The lowest BCUT2D eigenvalue weighted by molar-refractivity contribution is 0.578. The van der Waals surface area contributed by atoms with Crippen LogP contribution in [0.4, 0.5) is 0 Å². The van der Waals surface area contributed by atoms with E-state index < -0.39 is 10.0 Å². The average molecular weight is 253 g/mol. The monoisotopic (exact) mass is 253 g/mol. The molecule has 90 valence electrons. The Morgan fingerprint density at radius 3 is 2.71 bits per heavy atom. The van der Waals surface area contributed by atoms with E-state index in [1.54, 1.807) is 25.5 Å². The van der Waals surface area contributed by atoms with Crippen LogP contribution in [0.25, 0.3) is 0 Å². The molecule has 0 radical (unpaired) electrons. The zero-order valence-electron chi connectivity index (χ0n) is 9.11. The van der Waals surface area contributed by atoms with Gasteiger partial charge in [-0.2, -0.15) is 0 Å². The first-order chi connectivity index (χ1) is 7.98. The van der Waals surface area contributed by atoms with Crippen molar-refractivity contribution in [1.82, 2.24) is 19.7 Å². The van der Waals surface area contributed by atoms with Crippen molar-refractivity contribution in [3.63, 3.8) is 0 Å². The second-order valence-electron chi connectivity index (χ2n) is 3.54. The summed E-state index contributed by atoms with van der Waals surface area (Å²) in [5.41, 5.74) is 0.920. The van der Waals surface area contributed by atoms with Gasteiger partial charge >= 0.3 is 0 Å². The van der Waals surface area contributed by atoms with Gasteiger partial charge in [-0.05, 0) is 11.6 Å². The zero-order valence-corrected chi connectivity index (χ0v) is 9.92. The number of nitrogens with two attached hydrogens (primary N) is 1. The van der Waals surface area contributed by atoms with Crippen LogP contribution in [0.15, 0.2) is 29.7 Å². The van der Waals surface area contributed by atoms with Crippen molar-refractivity contribution in [2.24, 2.45) is 12.2 Å². The molecule has 0 fully saturated rings. The van der Waals surface area contributed by atoms with Gasteiger partial charge in [-0.3, -0.25) is 4.98 Å². The highest BCUT2D eigenvalue weighted by Gasteiger charge is 2.18. The quantitative estimate of drug-likeness (QED) is 0.790. The lowest BCUT2D eigenvalue weighted by atomic mass is 10.2. The van der Waals surface area contributed by atoms with E-state index in [1.807, 2.05) is 6.07 Å². The van der Waals surface area contributed by atoms with Gasteiger partial charge in [-0.25, -0.2) is 13.6 Å². The van der Waals surface area contributed by atoms with Crippen LogP contribution in [0, 0.1) is 0 Å². The third kappa shape index (κ3) is 2.48. The first-order valence-electron chi connectivity index (χ1n) is 4.78. The number of hydrogen-bond acceptors (Lipinski definition) is 5. The van der Waals surface area contributed by atoms with E-state index in [1.165, 1.54) is 4.57 Å². The topological polar surface area (TPSA) is 104 Å². The lowest BCUT2D eigenvalue weighted by Crippen LogP contribution is -2.17. The highest BCUT2D eigenvalue weighted by molar-refractivity contribution is 7.89. The molecule has 8 heteroatoms. The molecular formula is C9H11N5O2S. The Labute approximate surface area is 98.4 Å². The first-order valence-corrected chi connectivity index (χ1v) is 6.33. The molecule has 2 N–H and O–H groups in total. The van der Waals surface area contributed by atoms with Gasteiger partial charge in [0.25, 0.3) is 15.2 Å². The minimum Gasteiger partial charge on any atom is -0.304 e. The average Bonchev–Trinajstić information content (AvgIpc) is 2.61. The van der Waals surface area contributed by atoms with Gasteiger partial charge in [0.05, 0.1) is 0 Å². The summed E-state index contributed by atoms with van der Waals surface area (Å²) in [6, 6.07) is 3.67. The molecule has 0 aliphatic rings. The maximum atomic E-state index is 11.2. The molecule has 0 atom stereocenters. The molecule has 0 unspecified atom stereocenters. The van der Waals surface area contributed by atoms with Crippen LogP contribution in [0.5, 0.6) is 0 Å². The summed E-state index contributed by atoms with van der Waals surface area (Å²) in [4.78, 5) is 3.97. The Kier molecular flexibility index (Phi) is 2.90. The molecule has 2 rings (SSSR count). The van der Waals surface area contributed by atoms with Crippen molar-refractivity contribution < 1.29 is 8.42 Å². The van der Waals surface area contributed by atoms with Crippen molar-refractivity contribution in [3.8, 4) is 0 Å². The van der Waals surface area contributed by atoms with Crippen LogP contribution < -0.4 is 5.14 Å². The molecule has 0 aromatic carbocycles. The van der Waals surface area contributed by atoms with Crippen LogP contribution in [0.3, 0.4) is 0 Å². The van der Waals surface area contributed by atoms with Crippen molar-refractivity contribution in [2.45, 2.75) is 11.6 Å². The Bertz CT molecular complexity index is 620. The van der Waals surface area contributed by atoms with Gasteiger partial charge in [0.1, 0.15) is 5.82 Å². The number of nitrogens with zero attached hydrogens (tertiary/aromatic N) is 4. The minimum atomic E-state index is -3.83. The Morgan fingerprint density at radius 1 is 1.41 bits per heavy atom. The van der Waals surface area contributed by atoms with Gasteiger partial charge < -0.3 is 4.57 Å². The Hall–Kier alpha value is -1.80. The van der Waals surface area contributed by atoms with Crippen molar-refractivity contribution in [1.29, 1.82) is 0 Å². The normalized spacial score (nSPS) is 11.6. The number of aromatic nitrogens is 4. The molecule has 0 aliphatic carbocycles. The Morgan fingerprint density at radius 2 is 2.18 bits per heavy atom. The molecule has 7 nitrogen and oxygen atoms in total. The van der Waals surface area contributed by atoms with E-state index in [0.717, 1.165) is 5.56 Å². The number of rotatable bonds is 3. The fraction of sp³-hybridized carbons (Fsp3) is 0.222. The van der Waals surface area contributed by atoms with Crippen molar-refractivity contribution in [2.75, 3.05) is 0 Å². The summed E-state index contributed by atoms with van der Waals surface area (Å²) in [6.07, 6.45) is 3.80. The fourth-order valence-electron chi connectivity index (χ4n) is 1.43. The summed E-state index contributed by atoms with van der Waals surface area (Å²) in [7, 11) is -2.27. The molecule has 0 saturated carbocycles. The van der Waals surface area contributed by atoms with Gasteiger partial charge in [0.15, 0.2) is 0 Å². The standard InChI is InChI=1S/C9H11N5O2S/c1-14-8(5-7-3-2-4-11-6-7)12-13-9(14)17(10,15)16/h2-4,6H,5H2,1H3,(H2,10,15,16). The Balaban J connectivity index is 2.34. The molecule has 0 spiro atoms. The first kappa shape index (κ1) is 11.7. The summed E-state index contributed by atoms with van der Waals surface area (Å²) < 4.78 is 23.7. The van der Waals surface area contributed by atoms with Crippen LogP contribution >= 0.6 is 0 Å². The lowest BCUT2D eigenvalue weighted by Gasteiger charge is -2.02. The number of sulfonamides is 1. The minimum absolute atomic E-state index is 0.239. The third-order valence-corrected chi connectivity index (χ3v) is 3.13. The molecule has 0 saturated heterocycles. The highest BCUT2D eigenvalue weighted by Crippen LogP contribution is 2.09. The van der Waals surface area contributed by atoms with Crippen LogP contribution in [0.2, 0.25) is 0 Å². The molecule has 2 aromatic rings. The van der Waals surface area contributed by atoms with Crippen molar-refractivity contribution >= 4 is 10.0 Å². The predicted octanol–water partition coefficient (Wildman–Crippen LogP) is -0.552. The van der Waals surface area contributed by atoms with Gasteiger partial charge in [-0.15, -0.1) is 10.2 Å². The maximum absolute atomic E-state index is 11.2. The molecule has 0 aliphatic heterocycles. The summed E-state index contributed by atoms with van der Waals surface area (Å²) in [6.45, 7) is 0. The molecule has 0 bridgehead atoms. The van der Waals surface area contributed by atoms with Gasteiger partial charge in [0.2, 0.25) is 0 Å². The van der Waals surface area contributed by atoms with E-state index in [0.29, 0.717) is 12.2 Å². The summed E-state index contributed by atoms with van der Waals surface area (Å²) in [5.74, 6) is 0.516. The van der Waals surface area contributed by atoms with Gasteiger partial charge in [0, 0.05) is 25.9 Å².